The van der Waals surface area contributed by atoms with E-state index in [9.17, 15) is 8.42 Å². The molecule has 1 aromatic carbocycles. The zero-order valence-electron chi connectivity index (χ0n) is 10.1. The van der Waals surface area contributed by atoms with E-state index in [1.807, 2.05) is 6.07 Å². The van der Waals surface area contributed by atoms with Crippen molar-refractivity contribution in [3.63, 3.8) is 0 Å². The largest absolute Gasteiger partial charge is 0.240 e. The molecule has 0 radical (unpaired) electrons. The smallest absolute Gasteiger partial charge is 0.207 e. The van der Waals surface area contributed by atoms with Gasteiger partial charge < -0.3 is 0 Å². The second kappa shape index (κ2) is 5.55. The van der Waals surface area contributed by atoms with Gasteiger partial charge in [0.05, 0.1) is 4.90 Å². The van der Waals surface area contributed by atoms with E-state index < -0.39 is 10.0 Å². The van der Waals surface area contributed by atoms with Crippen molar-refractivity contribution in [2.45, 2.75) is 30.6 Å². The highest BCUT2D eigenvalue weighted by Crippen LogP contribution is 2.24. The third-order valence-corrected chi connectivity index (χ3v) is 4.76. The molecule has 0 unspecified atom stereocenters. The van der Waals surface area contributed by atoms with Crippen molar-refractivity contribution in [3.8, 4) is 0 Å². The molecular weight excluding hydrogens is 314 g/mol. The number of benzene rings is 1. The second-order valence-corrected chi connectivity index (χ2v) is 7.37. The van der Waals surface area contributed by atoms with Gasteiger partial charge in [-0.15, -0.1) is 0 Å². The Labute approximate surface area is 116 Å². The number of fused-ring (bicyclic) bond motifs is 1. The average molecular weight is 330 g/mol. The highest BCUT2D eigenvalue weighted by atomic mass is 79.9. The summed E-state index contributed by atoms with van der Waals surface area (Å²) in [6, 6.07) is 5.42. The molecule has 5 heteroatoms. The van der Waals surface area contributed by atoms with Crippen LogP contribution in [0.3, 0.4) is 0 Å². The molecule has 1 aromatic rings. The fourth-order valence-corrected chi connectivity index (χ4v) is 3.53. The number of rotatable bonds is 4. The minimum Gasteiger partial charge on any atom is -0.207 e. The summed E-state index contributed by atoms with van der Waals surface area (Å²) < 4.78 is 27.2. The maximum Gasteiger partial charge on any atom is 0.240 e. The number of nitrogens with one attached hydrogen (secondary N) is 1. The van der Waals surface area contributed by atoms with Crippen LogP contribution in [0.4, 0.5) is 0 Å². The van der Waals surface area contributed by atoms with Crippen molar-refractivity contribution < 1.29 is 8.42 Å². The van der Waals surface area contributed by atoms with Crippen LogP contribution in [-0.2, 0) is 22.9 Å². The van der Waals surface area contributed by atoms with Gasteiger partial charge >= 0.3 is 0 Å². The molecule has 0 spiro atoms. The predicted octanol–water partition coefficient (Wildman–Crippen LogP) is 2.75. The van der Waals surface area contributed by atoms with Crippen molar-refractivity contribution in [3.05, 3.63) is 40.4 Å². The van der Waals surface area contributed by atoms with Crippen molar-refractivity contribution in [1.82, 2.24) is 4.72 Å². The number of halogens is 1. The molecule has 0 saturated heterocycles. The molecule has 18 heavy (non-hydrogen) atoms. The fourth-order valence-electron chi connectivity index (χ4n) is 2.13. The van der Waals surface area contributed by atoms with Gasteiger partial charge in [-0.1, -0.05) is 28.6 Å². The topological polar surface area (TPSA) is 46.2 Å². The van der Waals surface area contributed by atoms with E-state index in [0.717, 1.165) is 19.3 Å². The van der Waals surface area contributed by atoms with Crippen LogP contribution in [-0.4, -0.2) is 15.0 Å². The van der Waals surface area contributed by atoms with E-state index in [2.05, 4.69) is 27.2 Å². The lowest BCUT2D eigenvalue weighted by molar-refractivity contribution is 0.584. The van der Waals surface area contributed by atoms with E-state index in [1.54, 1.807) is 12.1 Å². The third-order valence-electron chi connectivity index (χ3n) is 3.08. The predicted molar refractivity (Wildman–Crippen MR) is 76.3 cm³/mol. The van der Waals surface area contributed by atoms with Gasteiger partial charge in [0.2, 0.25) is 10.0 Å². The van der Waals surface area contributed by atoms with Gasteiger partial charge in [-0.25, -0.2) is 13.1 Å². The van der Waals surface area contributed by atoms with Gasteiger partial charge in [-0.2, -0.15) is 0 Å². The molecule has 3 nitrogen and oxygen atoms in total. The first-order valence-corrected chi connectivity index (χ1v) is 8.21. The van der Waals surface area contributed by atoms with Crippen LogP contribution in [0.2, 0.25) is 0 Å². The Balaban J connectivity index is 2.25. The molecule has 98 valence electrons. The molecule has 1 aliphatic carbocycles. The summed E-state index contributed by atoms with van der Waals surface area (Å²) in [6.45, 7) is 3.82. The van der Waals surface area contributed by atoms with E-state index in [0.29, 0.717) is 9.38 Å². The summed E-state index contributed by atoms with van der Waals surface area (Å²) in [4.78, 5) is 0.344. The Kier molecular flexibility index (Phi) is 4.25. The zero-order chi connectivity index (χ0) is 13.2. The summed E-state index contributed by atoms with van der Waals surface area (Å²) in [5.41, 5.74) is 2.45. The number of hydrogen-bond acceptors (Lipinski definition) is 2. The maximum atomic E-state index is 12.0. The highest BCUT2D eigenvalue weighted by Gasteiger charge is 2.17. The molecule has 0 bridgehead atoms. The average Bonchev–Trinajstić information content (AvgIpc) is 2.36. The molecular formula is C13H16BrNO2S. The normalized spacial score (nSPS) is 15.2. The quantitative estimate of drug-likeness (QED) is 0.923. The van der Waals surface area contributed by atoms with E-state index in [-0.39, 0.29) is 6.54 Å². The maximum absolute atomic E-state index is 12.0. The van der Waals surface area contributed by atoms with Crippen molar-refractivity contribution in [2.24, 2.45) is 0 Å². The van der Waals surface area contributed by atoms with E-state index in [1.165, 1.54) is 17.5 Å². The first-order chi connectivity index (χ1) is 8.49. The van der Waals surface area contributed by atoms with Gasteiger partial charge in [0, 0.05) is 11.0 Å². The Hall–Kier alpha value is -0.650. The molecule has 0 amide bonds. The first kappa shape index (κ1) is 13.8. The monoisotopic (exact) mass is 329 g/mol. The van der Waals surface area contributed by atoms with Gasteiger partial charge in [0.1, 0.15) is 0 Å². The molecule has 0 saturated carbocycles. The lowest BCUT2D eigenvalue weighted by Gasteiger charge is -2.16. The number of aryl methyl sites for hydroxylation is 2. The second-order valence-electron chi connectivity index (χ2n) is 4.48. The first-order valence-electron chi connectivity index (χ1n) is 5.94. The Morgan fingerprint density at radius 3 is 2.61 bits per heavy atom. The molecule has 0 fully saturated rings. The third kappa shape index (κ3) is 3.22. The Bertz CT molecular complexity index is 566. The van der Waals surface area contributed by atoms with Crippen LogP contribution in [0.25, 0.3) is 0 Å². The van der Waals surface area contributed by atoms with Crippen molar-refractivity contribution in [1.29, 1.82) is 0 Å². The standard InChI is InChI=1S/C13H16BrNO2S/c1-10(14)9-15-18(16,17)13-7-6-11-4-2-3-5-12(11)8-13/h6-8,15H,1-5,9H2. The Morgan fingerprint density at radius 1 is 1.28 bits per heavy atom. The van der Waals surface area contributed by atoms with Crippen LogP contribution in [0.1, 0.15) is 24.0 Å². The lowest BCUT2D eigenvalue weighted by Crippen LogP contribution is -2.25. The van der Waals surface area contributed by atoms with Crippen LogP contribution in [0, 0.1) is 0 Å². The molecule has 2 rings (SSSR count). The SMILES string of the molecule is C=C(Br)CNS(=O)(=O)c1ccc2c(c1)CCCC2. The van der Waals surface area contributed by atoms with Crippen molar-refractivity contribution in [2.75, 3.05) is 6.54 Å². The summed E-state index contributed by atoms with van der Waals surface area (Å²) in [6.07, 6.45) is 4.37. The van der Waals surface area contributed by atoms with Gasteiger partial charge in [-0.3, -0.25) is 0 Å². The summed E-state index contributed by atoms with van der Waals surface area (Å²) in [5.74, 6) is 0. The summed E-state index contributed by atoms with van der Waals surface area (Å²) in [5, 5.41) is 0. The van der Waals surface area contributed by atoms with Gasteiger partial charge in [0.15, 0.2) is 0 Å². The highest BCUT2D eigenvalue weighted by molar-refractivity contribution is 9.11. The molecule has 1 aliphatic rings. The minimum absolute atomic E-state index is 0.208. The van der Waals surface area contributed by atoms with Crippen LogP contribution in [0.15, 0.2) is 34.2 Å². The van der Waals surface area contributed by atoms with Crippen LogP contribution >= 0.6 is 15.9 Å². The molecule has 0 aliphatic heterocycles. The molecule has 0 atom stereocenters. The van der Waals surface area contributed by atoms with Crippen LogP contribution in [0.5, 0.6) is 0 Å². The zero-order valence-corrected chi connectivity index (χ0v) is 12.5. The number of sulfonamides is 1. The number of hydrogen-bond donors (Lipinski definition) is 1. The minimum atomic E-state index is -3.43. The van der Waals surface area contributed by atoms with Gasteiger partial charge in [-0.05, 0) is 48.9 Å². The molecule has 0 aromatic heterocycles. The molecule has 1 N–H and O–H groups in total. The fraction of sp³-hybridized carbons (Fsp3) is 0.385. The Morgan fingerprint density at radius 2 is 1.94 bits per heavy atom. The summed E-state index contributed by atoms with van der Waals surface area (Å²) >= 11 is 3.14. The summed E-state index contributed by atoms with van der Waals surface area (Å²) in [7, 11) is -3.43. The van der Waals surface area contributed by atoms with Gasteiger partial charge in [0.25, 0.3) is 0 Å². The lowest BCUT2D eigenvalue weighted by atomic mass is 9.92. The van der Waals surface area contributed by atoms with Crippen molar-refractivity contribution >= 4 is 26.0 Å². The molecule has 0 heterocycles. The van der Waals surface area contributed by atoms with E-state index in [4.69, 9.17) is 0 Å². The van der Waals surface area contributed by atoms with E-state index >= 15 is 0 Å². The van der Waals surface area contributed by atoms with Crippen LogP contribution < -0.4 is 4.72 Å².